The molecule has 0 aromatic rings. The van der Waals surface area contributed by atoms with Gasteiger partial charge in [0.15, 0.2) is 5.96 Å². The number of aliphatic imine (C=N–C) groups is 1. The molecule has 5 nitrogen and oxygen atoms in total. The Morgan fingerprint density at radius 3 is 2.44 bits per heavy atom. The van der Waals surface area contributed by atoms with Crippen LogP contribution in [0.1, 0.15) is 46.0 Å². The molecule has 0 radical (unpaired) electrons. The minimum atomic E-state index is 0.0393. The molecule has 0 aliphatic carbocycles. The molecule has 1 saturated heterocycles. The highest BCUT2D eigenvalue weighted by molar-refractivity contribution is 5.79. The second-order valence-electron chi connectivity index (χ2n) is 5.11. The number of likely N-dealkylation sites (tertiary alicyclic amines) is 1. The van der Waals surface area contributed by atoms with E-state index in [0.717, 1.165) is 13.1 Å². The highest BCUT2D eigenvalue weighted by Gasteiger charge is 2.10. The summed E-state index contributed by atoms with van der Waals surface area (Å²) in [4.78, 5) is 17.9. The Morgan fingerprint density at radius 1 is 1.28 bits per heavy atom. The predicted molar refractivity (Wildman–Crippen MR) is 74.4 cm³/mol. The number of rotatable bonds is 4. The molecule has 0 bridgehead atoms. The average Bonchev–Trinajstić information content (AvgIpc) is 2.56. The average molecular weight is 254 g/mol. The van der Waals surface area contributed by atoms with Gasteiger partial charge in [-0.15, -0.1) is 0 Å². The summed E-state index contributed by atoms with van der Waals surface area (Å²) in [5, 5.41) is 2.84. The highest BCUT2D eigenvalue weighted by Crippen LogP contribution is 2.09. The van der Waals surface area contributed by atoms with Crippen LogP contribution in [0, 0.1) is 0 Å². The molecule has 0 saturated carbocycles. The van der Waals surface area contributed by atoms with Crippen LogP contribution in [-0.4, -0.2) is 42.4 Å². The summed E-state index contributed by atoms with van der Waals surface area (Å²) in [5.74, 6) is 0.631. The van der Waals surface area contributed by atoms with Crippen LogP contribution < -0.4 is 11.1 Å². The first-order valence-corrected chi connectivity index (χ1v) is 6.94. The zero-order chi connectivity index (χ0) is 13.4. The van der Waals surface area contributed by atoms with Crippen molar-refractivity contribution in [3.8, 4) is 0 Å². The Labute approximate surface area is 110 Å². The lowest BCUT2D eigenvalue weighted by molar-refractivity contribution is -0.121. The van der Waals surface area contributed by atoms with Crippen molar-refractivity contribution in [2.24, 2.45) is 10.7 Å². The summed E-state index contributed by atoms with van der Waals surface area (Å²) in [7, 11) is 0. The van der Waals surface area contributed by atoms with Gasteiger partial charge in [0.05, 0.1) is 6.54 Å². The lowest BCUT2D eigenvalue weighted by Gasteiger charge is -2.21. The number of nitrogens with two attached hydrogens (primary N) is 1. The van der Waals surface area contributed by atoms with Crippen LogP contribution in [0.3, 0.4) is 0 Å². The van der Waals surface area contributed by atoms with Crippen molar-refractivity contribution in [2.45, 2.75) is 52.0 Å². The normalized spacial score (nSPS) is 17.7. The van der Waals surface area contributed by atoms with E-state index >= 15 is 0 Å². The first-order chi connectivity index (χ1) is 8.59. The lowest BCUT2D eigenvalue weighted by Crippen LogP contribution is -2.38. The van der Waals surface area contributed by atoms with E-state index in [1.165, 1.54) is 25.7 Å². The van der Waals surface area contributed by atoms with E-state index in [-0.39, 0.29) is 11.9 Å². The van der Waals surface area contributed by atoms with Crippen LogP contribution in [0.15, 0.2) is 4.99 Å². The Balaban J connectivity index is 2.29. The smallest absolute Gasteiger partial charge is 0.222 e. The number of carbonyl (C=O) groups excluding carboxylic acids is 1. The highest BCUT2D eigenvalue weighted by atomic mass is 16.1. The van der Waals surface area contributed by atoms with Gasteiger partial charge in [-0.25, -0.2) is 0 Å². The number of nitrogens with one attached hydrogen (secondary N) is 1. The minimum absolute atomic E-state index is 0.0393. The third-order valence-electron chi connectivity index (χ3n) is 2.99. The fourth-order valence-corrected chi connectivity index (χ4v) is 2.07. The van der Waals surface area contributed by atoms with Gasteiger partial charge in [0.25, 0.3) is 0 Å². The maximum atomic E-state index is 11.4. The summed E-state index contributed by atoms with van der Waals surface area (Å²) in [6, 6.07) is 0.185. The Bertz CT molecular complexity index is 281. The van der Waals surface area contributed by atoms with E-state index in [1.54, 1.807) is 0 Å². The van der Waals surface area contributed by atoms with Crippen molar-refractivity contribution >= 4 is 11.9 Å². The van der Waals surface area contributed by atoms with Gasteiger partial charge in [-0.3, -0.25) is 9.79 Å². The van der Waals surface area contributed by atoms with E-state index in [0.29, 0.717) is 18.9 Å². The molecule has 1 heterocycles. The molecule has 0 atom stereocenters. The van der Waals surface area contributed by atoms with Crippen molar-refractivity contribution < 1.29 is 4.79 Å². The number of guanidine groups is 1. The SMILES string of the molecule is CC(C)NC(=O)CCN=C(N)N1CCCCCC1. The Hall–Kier alpha value is -1.26. The van der Waals surface area contributed by atoms with E-state index in [9.17, 15) is 4.79 Å². The maximum Gasteiger partial charge on any atom is 0.222 e. The molecule has 1 aliphatic rings. The number of carbonyl (C=O) groups is 1. The number of hydrogen-bond donors (Lipinski definition) is 2. The molecule has 104 valence electrons. The quantitative estimate of drug-likeness (QED) is 0.583. The molecule has 1 amide bonds. The zero-order valence-electron chi connectivity index (χ0n) is 11.6. The molecule has 5 heteroatoms. The first-order valence-electron chi connectivity index (χ1n) is 6.94. The number of nitrogens with zero attached hydrogens (tertiary/aromatic N) is 2. The van der Waals surface area contributed by atoms with E-state index in [4.69, 9.17) is 5.73 Å². The molecule has 18 heavy (non-hydrogen) atoms. The van der Waals surface area contributed by atoms with E-state index < -0.39 is 0 Å². The zero-order valence-corrected chi connectivity index (χ0v) is 11.6. The summed E-state index contributed by atoms with van der Waals surface area (Å²) in [6.07, 6.45) is 5.34. The largest absolute Gasteiger partial charge is 0.370 e. The van der Waals surface area contributed by atoms with Crippen molar-refractivity contribution in [3.05, 3.63) is 0 Å². The first kappa shape index (κ1) is 14.8. The standard InChI is InChI=1S/C13H26N4O/c1-11(2)16-12(18)7-8-15-13(14)17-9-5-3-4-6-10-17/h11H,3-10H2,1-2H3,(H2,14,15)(H,16,18). The molecule has 0 spiro atoms. The second kappa shape index (κ2) is 7.95. The summed E-state index contributed by atoms with van der Waals surface area (Å²) in [6.45, 7) is 6.36. The molecule has 1 fully saturated rings. The van der Waals surface area contributed by atoms with Crippen LogP contribution in [0.5, 0.6) is 0 Å². The molecular formula is C13H26N4O. The molecule has 0 aromatic heterocycles. The van der Waals surface area contributed by atoms with Gasteiger partial charge < -0.3 is 16.0 Å². The third kappa shape index (κ3) is 5.89. The van der Waals surface area contributed by atoms with Gasteiger partial charge in [-0.05, 0) is 26.7 Å². The fourth-order valence-electron chi connectivity index (χ4n) is 2.07. The van der Waals surface area contributed by atoms with Crippen LogP contribution in [0.25, 0.3) is 0 Å². The second-order valence-corrected chi connectivity index (χ2v) is 5.11. The third-order valence-corrected chi connectivity index (χ3v) is 2.99. The summed E-state index contributed by atoms with van der Waals surface area (Å²) in [5.41, 5.74) is 5.95. The van der Waals surface area contributed by atoms with Crippen molar-refractivity contribution in [3.63, 3.8) is 0 Å². The summed E-state index contributed by atoms with van der Waals surface area (Å²) < 4.78 is 0. The van der Waals surface area contributed by atoms with Gasteiger partial charge in [-0.2, -0.15) is 0 Å². The van der Waals surface area contributed by atoms with Crippen LogP contribution >= 0.6 is 0 Å². The molecule has 3 N–H and O–H groups in total. The van der Waals surface area contributed by atoms with Gasteiger partial charge in [0.1, 0.15) is 0 Å². The van der Waals surface area contributed by atoms with Crippen molar-refractivity contribution in [1.29, 1.82) is 0 Å². The van der Waals surface area contributed by atoms with Gasteiger partial charge >= 0.3 is 0 Å². The van der Waals surface area contributed by atoms with Crippen LogP contribution in [-0.2, 0) is 4.79 Å². The number of hydrogen-bond acceptors (Lipinski definition) is 2. The predicted octanol–water partition coefficient (Wildman–Crippen LogP) is 1.09. The van der Waals surface area contributed by atoms with Gasteiger partial charge in [0, 0.05) is 25.6 Å². The minimum Gasteiger partial charge on any atom is -0.370 e. The molecular weight excluding hydrogens is 228 g/mol. The molecule has 0 unspecified atom stereocenters. The van der Waals surface area contributed by atoms with Crippen LogP contribution in [0.2, 0.25) is 0 Å². The lowest BCUT2D eigenvalue weighted by atomic mass is 10.2. The van der Waals surface area contributed by atoms with Gasteiger partial charge in [0.2, 0.25) is 5.91 Å². The topological polar surface area (TPSA) is 70.7 Å². The monoisotopic (exact) mass is 254 g/mol. The van der Waals surface area contributed by atoms with Crippen LogP contribution in [0.4, 0.5) is 0 Å². The Kier molecular flexibility index (Phi) is 6.54. The molecule has 1 rings (SSSR count). The van der Waals surface area contributed by atoms with Crippen molar-refractivity contribution in [1.82, 2.24) is 10.2 Å². The van der Waals surface area contributed by atoms with E-state index in [2.05, 4.69) is 15.2 Å². The van der Waals surface area contributed by atoms with Gasteiger partial charge in [-0.1, -0.05) is 12.8 Å². The molecule has 1 aliphatic heterocycles. The molecule has 0 aromatic carbocycles. The summed E-state index contributed by atoms with van der Waals surface area (Å²) >= 11 is 0. The Morgan fingerprint density at radius 2 is 1.89 bits per heavy atom. The maximum absolute atomic E-state index is 11.4. The number of amides is 1. The van der Waals surface area contributed by atoms with Crippen molar-refractivity contribution in [2.75, 3.05) is 19.6 Å². The van der Waals surface area contributed by atoms with E-state index in [1.807, 2.05) is 13.8 Å². The fraction of sp³-hybridized carbons (Fsp3) is 0.846.